The molecule has 104 valence electrons. The third-order valence-corrected chi connectivity index (χ3v) is 3.81. The number of carbonyl (C=O) groups is 1. The largest absolute Gasteiger partial charge is 0.399 e. The number of hydrogen-bond acceptors (Lipinski definition) is 3. The zero-order valence-corrected chi connectivity index (χ0v) is 11.8. The normalized spacial score (nSPS) is 20.2. The molecule has 0 aliphatic carbocycles. The number of nitrogens with two attached hydrogens (primary N) is 1. The van der Waals surface area contributed by atoms with Gasteiger partial charge >= 0.3 is 0 Å². The summed E-state index contributed by atoms with van der Waals surface area (Å²) in [4.78, 5) is 14.3. The minimum absolute atomic E-state index is 0.0571. The number of nitrogens with one attached hydrogen (secondary N) is 1. The van der Waals surface area contributed by atoms with Gasteiger partial charge in [-0.25, -0.2) is 0 Å². The quantitative estimate of drug-likeness (QED) is 0.821. The smallest absolute Gasteiger partial charge is 0.238 e. The second-order valence-corrected chi connectivity index (χ2v) is 5.44. The zero-order chi connectivity index (χ0) is 13.8. The molecule has 19 heavy (non-hydrogen) atoms. The number of nitrogens with zero attached hydrogens (tertiary/aromatic N) is 1. The van der Waals surface area contributed by atoms with Crippen molar-refractivity contribution in [2.24, 2.45) is 0 Å². The van der Waals surface area contributed by atoms with E-state index in [4.69, 9.17) is 5.73 Å². The Morgan fingerprint density at radius 3 is 2.95 bits per heavy atom. The van der Waals surface area contributed by atoms with Gasteiger partial charge in [0.05, 0.1) is 6.54 Å². The van der Waals surface area contributed by atoms with Crippen molar-refractivity contribution in [2.45, 2.75) is 39.2 Å². The van der Waals surface area contributed by atoms with Gasteiger partial charge in [-0.2, -0.15) is 0 Å². The molecule has 0 saturated carbocycles. The van der Waals surface area contributed by atoms with Crippen LogP contribution < -0.4 is 11.1 Å². The van der Waals surface area contributed by atoms with Gasteiger partial charge in [-0.1, -0.05) is 6.42 Å². The lowest BCUT2D eigenvalue weighted by Crippen LogP contribution is -2.42. The molecule has 1 aromatic carbocycles. The molecule has 0 bridgehead atoms. The van der Waals surface area contributed by atoms with Crippen LogP contribution in [0.3, 0.4) is 0 Å². The predicted octanol–water partition coefficient (Wildman–Crippen LogP) is 2.39. The van der Waals surface area contributed by atoms with Gasteiger partial charge < -0.3 is 11.1 Å². The Balaban J connectivity index is 1.93. The van der Waals surface area contributed by atoms with Gasteiger partial charge in [-0.3, -0.25) is 9.69 Å². The highest BCUT2D eigenvalue weighted by Crippen LogP contribution is 2.19. The first-order valence-corrected chi connectivity index (χ1v) is 6.96. The standard InChI is InChI=1S/C15H23N3O/c1-11-9-13(16)6-7-14(11)17-15(19)10-18-8-4-3-5-12(18)2/h6-7,9,12H,3-5,8,10,16H2,1-2H3,(H,17,19). The first-order valence-electron chi connectivity index (χ1n) is 6.96. The average Bonchev–Trinajstić information content (AvgIpc) is 2.36. The Hall–Kier alpha value is -1.55. The van der Waals surface area contributed by atoms with Crippen LogP contribution in [0.5, 0.6) is 0 Å². The van der Waals surface area contributed by atoms with Crippen LogP contribution in [-0.4, -0.2) is 29.9 Å². The number of piperidine rings is 1. The van der Waals surface area contributed by atoms with Crippen molar-refractivity contribution in [1.29, 1.82) is 0 Å². The van der Waals surface area contributed by atoms with Gasteiger partial charge in [-0.15, -0.1) is 0 Å². The van der Waals surface area contributed by atoms with E-state index in [1.165, 1.54) is 19.3 Å². The SMILES string of the molecule is Cc1cc(N)ccc1NC(=O)CN1CCCCC1C. The second kappa shape index (κ2) is 6.06. The average molecular weight is 261 g/mol. The Kier molecular flexibility index (Phi) is 4.43. The number of benzene rings is 1. The van der Waals surface area contributed by atoms with E-state index in [1.807, 2.05) is 25.1 Å². The van der Waals surface area contributed by atoms with Gasteiger partial charge in [0.25, 0.3) is 0 Å². The summed E-state index contributed by atoms with van der Waals surface area (Å²) in [5.41, 5.74) is 8.28. The summed E-state index contributed by atoms with van der Waals surface area (Å²) < 4.78 is 0. The summed E-state index contributed by atoms with van der Waals surface area (Å²) in [7, 11) is 0. The van der Waals surface area contributed by atoms with Crippen LogP contribution in [0.1, 0.15) is 31.7 Å². The summed E-state index contributed by atoms with van der Waals surface area (Å²) in [6.07, 6.45) is 3.66. The van der Waals surface area contributed by atoms with E-state index in [-0.39, 0.29) is 5.91 Å². The number of aryl methyl sites for hydroxylation is 1. The van der Waals surface area contributed by atoms with Crippen LogP contribution in [0.25, 0.3) is 0 Å². The van der Waals surface area contributed by atoms with Gasteiger partial charge in [0.2, 0.25) is 5.91 Å². The number of likely N-dealkylation sites (tertiary alicyclic amines) is 1. The van der Waals surface area contributed by atoms with E-state index < -0.39 is 0 Å². The molecule has 1 atom stereocenters. The van der Waals surface area contributed by atoms with E-state index in [0.29, 0.717) is 12.6 Å². The van der Waals surface area contributed by atoms with Crippen molar-refractivity contribution in [1.82, 2.24) is 4.90 Å². The lowest BCUT2D eigenvalue weighted by Gasteiger charge is -2.32. The topological polar surface area (TPSA) is 58.4 Å². The van der Waals surface area contributed by atoms with E-state index in [0.717, 1.165) is 23.5 Å². The molecule has 3 N–H and O–H groups in total. The van der Waals surface area contributed by atoms with Gasteiger partial charge in [0.15, 0.2) is 0 Å². The maximum Gasteiger partial charge on any atom is 0.238 e. The molecule has 0 aromatic heterocycles. The number of nitrogen functional groups attached to an aromatic ring is 1. The van der Waals surface area contributed by atoms with Crippen molar-refractivity contribution in [2.75, 3.05) is 24.1 Å². The fourth-order valence-electron chi connectivity index (χ4n) is 2.59. The zero-order valence-electron chi connectivity index (χ0n) is 11.8. The molecular weight excluding hydrogens is 238 g/mol. The summed E-state index contributed by atoms with van der Waals surface area (Å²) in [5.74, 6) is 0.0571. The van der Waals surface area contributed by atoms with E-state index in [1.54, 1.807) is 0 Å². The molecule has 1 amide bonds. The van der Waals surface area contributed by atoms with Crippen molar-refractivity contribution < 1.29 is 4.79 Å². The number of rotatable bonds is 3. The highest BCUT2D eigenvalue weighted by molar-refractivity contribution is 5.93. The first kappa shape index (κ1) is 13.9. The monoisotopic (exact) mass is 261 g/mol. The minimum Gasteiger partial charge on any atom is -0.399 e. The Labute approximate surface area is 115 Å². The molecule has 1 fully saturated rings. The molecule has 1 aliphatic heterocycles. The molecule has 1 aromatic rings. The molecular formula is C15H23N3O. The summed E-state index contributed by atoms with van der Waals surface area (Å²) in [5, 5.41) is 2.97. The number of anilines is 2. The molecule has 4 heteroatoms. The van der Waals surface area contributed by atoms with Crippen molar-refractivity contribution in [3.63, 3.8) is 0 Å². The fraction of sp³-hybridized carbons (Fsp3) is 0.533. The van der Waals surface area contributed by atoms with Gasteiger partial charge in [0, 0.05) is 17.4 Å². The molecule has 4 nitrogen and oxygen atoms in total. The van der Waals surface area contributed by atoms with Crippen LogP contribution in [0.2, 0.25) is 0 Å². The Morgan fingerprint density at radius 2 is 2.26 bits per heavy atom. The lowest BCUT2D eigenvalue weighted by atomic mass is 10.0. The third-order valence-electron chi connectivity index (χ3n) is 3.81. The number of carbonyl (C=O) groups excluding carboxylic acids is 1. The molecule has 2 rings (SSSR count). The molecule has 1 unspecified atom stereocenters. The molecule has 1 heterocycles. The van der Waals surface area contributed by atoms with Gasteiger partial charge in [0.1, 0.15) is 0 Å². The Morgan fingerprint density at radius 1 is 1.47 bits per heavy atom. The van der Waals surface area contributed by atoms with Gasteiger partial charge in [-0.05, 0) is 57.0 Å². The van der Waals surface area contributed by atoms with Crippen molar-refractivity contribution in [3.8, 4) is 0 Å². The Bertz CT molecular complexity index is 459. The molecule has 0 spiro atoms. The maximum atomic E-state index is 12.1. The van der Waals surface area contributed by atoms with Crippen LogP contribution >= 0.6 is 0 Å². The number of hydrogen-bond donors (Lipinski definition) is 2. The minimum atomic E-state index is 0.0571. The van der Waals surface area contributed by atoms with E-state index in [9.17, 15) is 4.79 Å². The fourth-order valence-corrected chi connectivity index (χ4v) is 2.59. The summed E-state index contributed by atoms with van der Waals surface area (Å²) in [6, 6.07) is 6.06. The van der Waals surface area contributed by atoms with Crippen molar-refractivity contribution >= 4 is 17.3 Å². The molecule has 0 radical (unpaired) electrons. The lowest BCUT2D eigenvalue weighted by molar-refractivity contribution is -0.118. The highest BCUT2D eigenvalue weighted by atomic mass is 16.2. The summed E-state index contributed by atoms with van der Waals surface area (Å²) >= 11 is 0. The first-order chi connectivity index (χ1) is 9.06. The third kappa shape index (κ3) is 3.70. The van der Waals surface area contributed by atoms with Crippen LogP contribution in [0.4, 0.5) is 11.4 Å². The van der Waals surface area contributed by atoms with Crippen LogP contribution in [0, 0.1) is 6.92 Å². The predicted molar refractivity (Wildman–Crippen MR) is 79.1 cm³/mol. The van der Waals surface area contributed by atoms with Crippen LogP contribution in [-0.2, 0) is 4.79 Å². The molecule has 1 aliphatic rings. The van der Waals surface area contributed by atoms with Crippen LogP contribution in [0.15, 0.2) is 18.2 Å². The van der Waals surface area contributed by atoms with Crippen molar-refractivity contribution in [3.05, 3.63) is 23.8 Å². The maximum absolute atomic E-state index is 12.1. The summed E-state index contributed by atoms with van der Waals surface area (Å²) in [6.45, 7) is 5.65. The van der Waals surface area contributed by atoms with E-state index in [2.05, 4.69) is 17.1 Å². The van der Waals surface area contributed by atoms with E-state index >= 15 is 0 Å². The second-order valence-electron chi connectivity index (χ2n) is 5.44. The highest BCUT2D eigenvalue weighted by Gasteiger charge is 2.20. The number of amides is 1. The molecule has 1 saturated heterocycles.